The van der Waals surface area contributed by atoms with E-state index in [-0.39, 0.29) is 4.90 Å². The molecule has 0 amide bonds. The zero-order valence-corrected chi connectivity index (χ0v) is 15.8. The largest absolute Gasteiger partial charge is 0.377 e. The Morgan fingerprint density at radius 3 is 2.16 bits per heavy atom. The first-order valence-electron chi connectivity index (χ1n) is 7.76. The standard InChI is InChI=1S/C19H19ClN2O2S/c1-21(2)18-11-5-10-17-16(18)9-6-12-19(17)25(23,24)22(3)15-8-4-7-14(20)13-15/h4-13H,1-3H3. The molecule has 0 saturated heterocycles. The Kier molecular flexibility index (Phi) is 4.62. The predicted octanol–water partition coefficient (Wildman–Crippen LogP) is 4.38. The van der Waals surface area contributed by atoms with Gasteiger partial charge in [-0.3, -0.25) is 4.31 Å². The third-order valence-corrected chi connectivity index (χ3v) is 6.23. The zero-order valence-electron chi connectivity index (χ0n) is 14.3. The van der Waals surface area contributed by atoms with Crippen LogP contribution in [0.15, 0.2) is 65.6 Å². The second-order valence-corrected chi connectivity index (χ2v) is 8.35. The van der Waals surface area contributed by atoms with Crippen LogP contribution in [0.25, 0.3) is 10.8 Å². The van der Waals surface area contributed by atoms with Crippen LogP contribution in [0, 0.1) is 0 Å². The summed E-state index contributed by atoms with van der Waals surface area (Å²) < 4.78 is 27.7. The van der Waals surface area contributed by atoms with Gasteiger partial charge in [0.15, 0.2) is 0 Å². The average molecular weight is 375 g/mol. The van der Waals surface area contributed by atoms with Crippen molar-refractivity contribution in [1.82, 2.24) is 0 Å². The quantitative estimate of drug-likeness (QED) is 0.680. The Hall–Kier alpha value is -2.24. The second kappa shape index (κ2) is 6.58. The molecule has 0 aliphatic carbocycles. The molecule has 0 spiro atoms. The van der Waals surface area contributed by atoms with E-state index in [0.29, 0.717) is 16.1 Å². The molecule has 25 heavy (non-hydrogen) atoms. The lowest BCUT2D eigenvalue weighted by atomic mass is 10.1. The molecule has 130 valence electrons. The highest BCUT2D eigenvalue weighted by Crippen LogP contribution is 2.33. The van der Waals surface area contributed by atoms with Gasteiger partial charge in [-0.2, -0.15) is 0 Å². The van der Waals surface area contributed by atoms with Crippen LogP contribution < -0.4 is 9.21 Å². The van der Waals surface area contributed by atoms with Crippen molar-refractivity contribution in [2.75, 3.05) is 30.3 Å². The molecular formula is C19H19ClN2O2S. The second-order valence-electron chi connectivity index (χ2n) is 5.98. The van der Waals surface area contributed by atoms with Gasteiger partial charge in [-0.05, 0) is 30.3 Å². The summed E-state index contributed by atoms with van der Waals surface area (Å²) in [5, 5.41) is 2.09. The lowest BCUT2D eigenvalue weighted by Crippen LogP contribution is -2.26. The maximum atomic E-state index is 13.2. The Morgan fingerprint density at radius 2 is 1.48 bits per heavy atom. The van der Waals surface area contributed by atoms with Crippen molar-refractivity contribution in [2.24, 2.45) is 0 Å². The van der Waals surface area contributed by atoms with Crippen LogP contribution in [0.4, 0.5) is 11.4 Å². The highest BCUT2D eigenvalue weighted by atomic mass is 35.5. The molecule has 6 heteroatoms. The summed E-state index contributed by atoms with van der Waals surface area (Å²) in [4.78, 5) is 2.25. The summed E-state index contributed by atoms with van der Waals surface area (Å²) in [7, 11) is 1.69. The molecule has 0 bridgehead atoms. The first kappa shape index (κ1) is 17.6. The minimum absolute atomic E-state index is 0.274. The molecule has 0 atom stereocenters. The van der Waals surface area contributed by atoms with Crippen LogP contribution in [0.2, 0.25) is 5.02 Å². The molecule has 0 N–H and O–H groups in total. The van der Waals surface area contributed by atoms with Crippen LogP contribution in [-0.2, 0) is 10.0 Å². The molecule has 0 heterocycles. The van der Waals surface area contributed by atoms with Gasteiger partial charge in [0.1, 0.15) is 0 Å². The van der Waals surface area contributed by atoms with E-state index in [4.69, 9.17) is 11.6 Å². The molecule has 3 aromatic carbocycles. The van der Waals surface area contributed by atoms with Crippen LogP contribution in [0.5, 0.6) is 0 Å². The Morgan fingerprint density at radius 1 is 0.840 bits per heavy atom. The van der Waals surface area contributed by atoms with Gasteiger partial charge in [0, 0.05) is 42.6 Å². The fraction of sp³-hybridized carbons (Fsp3) is 0.158. The Balaban J connectivity index is 2.20. The van der Waals surface area contributed by atoms with Crippen molar-refractivity contribution < 1.29 is 8.42 Å². The minimum atomic E-state index is -3.72. The normalized spacial score (nSPS) is 11.5. The number of sulfonamides is 1. The number of fused-ring (bicyclic) bond motifs is 1. The van der Waals surface area contributed by atoms with Crippen molar-refractivity contribution in [3.8, 4) is 0 Å². The maximum Gasteiger partial charge on any atom is 0.264 e. The zero-order chi connectivity index (χ0) is 18.2. The molecule has 0 saturated carbocycles. The smallest absolute Gasteiger partial charge is 0.264 e. The Bertz CT molecular complexity index is 1030. The minimum Gasteiger partial charge on any atom is -0.377 e. The van der Waals surface area contributed by atoms with Crippen LogP contribution >= 0.6 is 11.6 Å². The monoisotopic (exact) mass is 374 g/mol. The summed E-state index contributed by atoms with van der Waals surface area (Å²) in [5.41, 5.74) is 1.49. The topological polar surface area (TPSA) is 40.6 Å². The fourth-order valence-electron chi connectivity index (χ4n) is 2.84. The number of rotatable bonds is 4. The van der Waals surface area contributed by atoms with E-state index in [1.54, 1.807) is 36.4 Å². The molecule has 0 aliphatic heterocycles. The van der Waals surface area contributed by atoms with Gasteiger partial charge in [0.25, 0.3) is 10.0 Å². The molecule has 3 aromatic rings. The van der Waals surface area contributed by atoms with Crippen molar-refractivity contribution in [3.63, 3.8) is 0 Å². The van der Waals surface area contributed by atoms with E-state index in [2.05, 4.69) is 0 Å². The summed E-state index contributed by atoms with van der Waals surface area (Å²) >= 11 is 6.01. The third-order valence-electron chi connectivity index (χ3n) is 4.15. The van der Waals surface area contributed by atoms with Crippen LogP contribution in [0.3, 0.4) is 0 Å². The van der Waals surface area contributed by atoms with Gasteiger partial charge in [-0.15, -0.1) is 0 Å². The van der Waals surface area contributed by atoms with Gasteiger partial charge in [-0.25, -0.2) is 8.42 Å². The van der Waals surface area contributed by atoms with E-state index in [1.807, 2.05) is 43.3 Å². The lowest BCUT2D eigenvalue weighted by Gasteiger charge is -2.22. The first-order chi connectivity index (χ1) is 11.8. The summed E-state index contributed by atoms with van der Waals surface area (Å²) in [6.07, 6.45) is 0. The number of hydrogen-bond donors (Lipinski definition) is 0. The number of hydrogen-bond acceptors (Lipinski definition) is 3. The number of nitrogens with zero attached hydrogens (tertiary/aromatic N) is 2. The van der Waals surface area contributed by atoms with E-state index in [9.17, 15) is 8.42 Å². The van der Waals surface area contributed by atoms with Crippen molar-refractivity contribution in [3.05, 3.63) is 65.7 Å². The number of benzene rings is 3. The summed E-state index contributed by atoms with van der Waals surface area (Å²) in [6, 6.07) is 17.8. The highest BCUT2D eigenvalue weighted by molar-refractivity contribution is 7.93. The van der Waals surface area contributed by atoms with E-state index in [0.717, 1.165) is 11.1 Å². The molecule has 0 unspecified atom stereocenters. The van der Waals surface area contributed by atoms with E-state index >= 15 is 0 Å². The van der Waals surface area contributed by atoms with Crippen LogP contribution in [-0.4, -0.2) is 29.6 Å². The van der Waals surface area contributed by atoms with Crippen molar-refractivity contribution in [1.29, 1.82) is 0 Å². The third kappa shape index (κ3) is 3.17. The molecule has 0 aromatic heterocycles. The molecular weight excluding hydrogens is 356 g/mol. The number of anilines is 2. The summed E-state index contributed by atoms with van der Waals surface area (Å²) in [5.74, 6) is 0. The van der Waals surface area contributed by atoms with Crippen molar-refractivity contribution >= 4 is 43.8 Å². The van der Waals surface area contributed by atoms with E-state index < -0.39 is 10.0 Å². The van der Waals surface area contributed by atoms with Gasteiger partial charge in [-0.1, -0.05) is 41.9 Å². The van der Waals surface area contributed by atoms with Crippen LogP contribution in [0.1, 0.15) is 0 Å². The Labute approximate surface area is 153 Å². The van der Waals surface area contributed by atoms with Gasteiger partial charge >= 0.3 is 0 Å². The predicted molar refractivity (Wildman–Crippen MR) is 105 cm³/mol. The first-order valence-corrected chi connectivity index (χ1v) is 9.58. The van der Waals surface area contributed by atoms with Gasteiger partial charge in [0.05, 0.1) is 10.6 Å². The van der Waals surface area contributed by atoms with E-state index in [1.165, 1.54) is 11.4 Å². The molecule has 0 fully saturated rings. The molecule has 4 nitrogen and oxygen atoms in total. The average Bonchev–Trinajstić information content (AvgIpc) is 2.59. The highest BCUT2D eigenvalue weighted by Gasteiger charge is 2.24. The maximum absolute atomic E-state index is 13.2. The molecule has 0 aliphatic rings. The number of halogens is 1. The molecule has 3 rings (SSSR count). The lowest BCUT2D eigenvalue weighted by molar-refractivity contribution is 0.595. The SMILES string of the molecule is CN(C)c1cccc2c(S(=O)(=O)N(C)c3cccc(Cl)c3)cccc12. The summed E-state index contributed by atoms with van der Waals surface area (Å²) in [6.45, 7) is 0. The van der Waals surface area contributed by atoms with Gasteiger partial charge in [0.2, 0.25) is 0 Å². The molecule has 0 radical (unpaired) electrons. The van der Waals surface area contributed by atoms with Crippen molar-refractivity contribution in [2.45, 2.75) is 4.90 Å². The fourth-order valence-corrected chi connectivity index (χ4v) is 4.41. The van der Waals surface area contributed by atoms with Gasteiger partial charge < -0.3 is 4.90 Å².